The molecule has 2 aromatic carbocycles. The summed E-state index contributed by atoms with van der Waals surface area (Å²) in [5.41, 5.74) is 4.63. The fraction of sp³-hybridized carbons (Fsp3) is 0.436. The molecule has 0 bridgehead atoms. The van der Waals surface area contributed by atoms with Crippen LogP contribution >= 0.6 is 0 Å². The molecule has 55 heavy (non-hydrogen) atoms. The maximum Gasteiger partial charge on any atom is 0.303 e. The van der Waals surface area contributed by atoms with Gasteiger partial charge in [-0.1, -0.05) is 54.9 Å². The van der Waals surface area contributed by atoms with Gasteiger partial charge in [0.1, 0.15) is 16.7 Å². The Bertz CT molecular complexity index is 2270. The molecule has 0 aromatic heterocycles. The number of allylic oxidation sites excluding steroid dienone is 8. The van der Waals surface area contributed by atoms with Gasteiger partial charge in [-0.2, -0.15) is 4.58 Å². The molecule has 16 heteroatoms. The highest BCUT2D eigenvalue weighted by Crippen LogP contribution is 2.51. The van der Waals surface area contributed by atoms with Crippen LogP contribution in [0.5, 0.6) is 0 Å². The van der Waals surface area contributed by atoms with E-state index in [0.717, 1.165) is 22.5 Å². The van der Waals surface area contributed by atoms with Gasteiger partial charge >= 0.3 is 5.97 Å². The Morgan fingerprint density at radius 2 is 1.45 bits per heavy atom. The van der Waals surface area contributed by atoms with Gasteiger partial charge in [0.25, 0.3) is 0 Å². The number of carbonyl (C=O) groups is 1. The third-order valence-corrected chi connectivity index (χ3v) is 12.5. The Hall–Kier alpha value is -3.93. The summed E-state index contributed by atoms with van der Waals surface area (Å²) in [4.78, 5) is 12.5. The van der Waals surface area contributed by atoms with E-state index in [0.29, 0.717) is 49.2 Å². The predicted octanol–water partition coefficient (Wildman–Crippen LogP) is 5.51. The lowest BCUT2D eigenvalue weighted by Crippen LogP contribution is -2.30. The van der Waals surface area contributed by atoms with Crippen LogP contribution in [0.1, 0.15) is 82.4 Å². The minimum absolute atomic E-state index is 0.00102. The molecular formula is C39H48N2O11S3-2. The van der Waals surface area contributed by atoms with Gasteiger partial charge in [-0.3, -0.25) is 4.79 Å². The van der Waals surface area contributed by atoms with E-state index < -0.39 is 63.6 Å². The largest absolute Gasteiger partial charge is 0.748 e. The lowest BCUT2D eigenvalue weighted by molar-refractivity contribution is -0.437. The molecule has 0 aliphatic carbocycles. The monoisotopic (exact) mass is 816 g/mol. The number of benzene rings is 2. The number of hydrogen-bond acceptors (Lipinski definition) is 11. The first kappa shape index (κ1) is 43.8. The number of fused-ring (bicyclic) bond motifs is 2. The highest BCUT2D eigenvalue weighted by molar-refractivity contribution is 7.86. The first-order valence-corrected chi connectivity index (χ1v) is 22.6. The SMILES string of the molecule is Cc1ccc2c(c1)C(C)(C)C(/C=C/C=C/C=C/C=C1\N(CCCS(=O)(=O)[O-])c3ccc(S(=O)(=O)[O-])cc3C1(C)CCCCCC(=O)O)=[N+]2CCCS(=O)(=O)[O-]. The van der Waals surface area contributed by atoms with E-state index in [2.05, 4.69) is 19.9 Å². The van der Waals surface area contributed by atoms with Gasteiger partial charge < -0.3 is 23.7 Å². The van der Waals surface area contributed by atoms with Gasteiger partial charge in [-0.15, -0.1) is 0 Å². The van der Waals surface area contributed by atoms with Crippen LogP contribution < -0.4 is 4.90 Å². The van der Waals surface area contributed by atoms with Crippen LogP contribution in [0.25, 0.3) is 0 Å². The molecule has 1 atom stereocenters. The minimum Gasteiger partial charge on any atom is -0.748 e. The summed E-state index contributed by atoms with van der Waals surface area (Å²) < 4.78 is 106. The van der Waals surface area contributed by atoms with Crippen LogP contribution in [0.4, 0.5) is 11.4 Å². The molecule has 0 spiro atoms. The van der Waals surface area contributed by atoms with Crippen molar-refractivity contribution < 1.29 is 53.4 Å². The standard InChI is InChI=1S/C39H50N2O11S3/c1-29-18-20-33-31(27-29)38(2,3)35(40(33)23-13-25-53(44,45)46)15-9-6-5-7-10-16-36-39(4,22-12-8-11-17-37(42)43)32-28-30(55(50,51)52)19-21-34(32)41(36)24-14-26-54(47,48)49/h5-7,9-10,15-16,18-21,27-28H,8,11-14,17,22-26H2,1-4H3,(H3-,42,43,44,45,46,47,48,49,50,51,52)/p-2. The lowest BCUT2D eigenvalue weighted by atomic mass is 9.77. The first-order valence-electron chi connectivity index (χ1n) is 18.0. The van der Waals surface area contributed by atoms with Gasteiger partial charge in [0, 0.05) is 65.4 Å². The van der Waals surface area contributed by atoms with E-state index in [-0.39, 0.29) is 25.8 Å². The molecule has 1 unspecified atom stereocenters. The third kappa shape index (κ3) is 11.3. The molecule has 4 rings (SSSR count). The molecule has 2 aromatic rings. The fourth-order valence-electron chi connectivity index (χ4n) is 7.44. The van der Waals surface area contributed by atoms with Gasteiger partial charge in [0.2, 0.25) is 5.69 Å². The first-order chi connectivity index (χ1) is 25.5. The number of aliphatic carboxylic acids is 1. The third-order valence-electron chi connectivity index (χ3n) is 10.1. The van der Waals surface area contributed by atoms with Gasteiger partial charge in [0.05, 0.1) is 30.5 Å². The maximum atomic E-state index is 12.0. The summed E-state index contributed by atoms with van der Waals surface area (Å²) in [6.07, 6.45) is 15.0. The van der Waals surface area contributed by atoms with Crippen molar-refractivity contribution in [3.63, 3.8) is 0 Å². The fourth-order valence-corrected chi connectivity index (χ4v) is 8.90. The molecule has 0 fully saturated rings. The molecule has 0 amide bonds. The number of aryl methyl sites for hydroxylation is 1. The Morgan fingerprint density at radius 1 is 0.800 bits per heavy atom. The quantitative estimate of drug-likeness (QED) is 0.0804. The molecule has 13 nitrogen and oxygen atoms in total. The zero-order chi connectivity index (χ0) is 40.8. The van der Waals surface area contributed by atoms with Crippen molar-refractivity contribution in [2.24, 2.45) is 0 Å². The Balaban J connectivity index is 1.66. The van der Waals surface area contributed by atoms with Crippen molar-refractivity contribution in [2.45, 2.75) is 88.4 Å². The summed E-state index contributed by atoms with van der Waals surface area (Å²) in [5, 5.41) is 9.08. The summed E-state index contributed by atoms with van der Waals surface area (Å²) in [5.74, 6) is -1.98. The van der Waals surface area contributed by atoms with E-state index in [1.807, 2.05) is 59.8 Å². The molecule has 2 aliphatic heterocycles. The molecule has 2 heterocycles. The van der Waals surface area contributed by atoms with Crippen molar-refractivity contribution in [1.29, 1.82) is 0 Å². The lowest BCUT2D eigenvalue weighted by Gasteiger charge is -2.30. The Labute approximate surface area is 324 Å². The van der Waals surface area contributed by atoms with Crippen LogP contribution in [0.2, 0.25) is 0 Å². The summed E-state index contributed by atoms with van der Waals surface area (Å²) in [6.45, 7) is 8.54. The number of anilines is 1. The van der Waals surface area contributed by atoms with E-state index in [1.54, 1.807) is 18.2 Å². The van der Waals surface area contributed by atoms with Crippen molar-refractivity contribution in [2.75, 3.05) is 29.5 Å². The topological polar surface area (TPSA) is 215 Å². The minimum atomic E-state index is -4.80. The Morgan fingerprint density at radius 3 is 2.11 bits per heavy atom. The van der Waals surface area contributed by atoms with E-state index in [9.17, 15) is 43.7 Å². The summed E-state index contributed by atoms with van der Waals surface area (Å²) in [7, 11) is -13.7. The van der Waals surface area contributed by atoms with Crippen molar-refractivity contribution in [1.82, 2.24) is 0 Å². The zero-order valence-electron chi connectivity index (χ0n) is 31.4. The van der Waals surface area contributed by atoms with Crippen LogP contribution in [0.3, 0.4) is 0 Å². The normalized spacial score (nSPS) is 19.4. The van der Waals surface area contributed by atoms with E-state index in [4.69, 9.17) is 5.11 Å². The molecule has 2 aliphatic rings. The summed E-state index contributed by atoms with van der Waals surface area (Å²) >= 11 is 0. The van der Waals surface area contributed by atoms with Crippen molar-refractivity contribution in [3.8, 4) is 0 Å². The molecule has 0 saturated carbocycles. The number of nitrogens with zero attached hydrogens (tertiary/aromatic N) is 2. The maximum absolute atomic E-state index is 12.0. The van der Waals surface area contributed by atoms with E-state index >= 15 is 0 Å². The van der Waals surface area contributed by atoms with Crippen LogP contribution in [0, 0.1) is 6.92 Å². The second-order valence-corrected chi connectivity index (χ2v) is 19.1. The number of carboxylic acid groups (broad SMARTS) is 1. The molecular weight excluding hydrogens is 769 g/mol. The molecule has 0 saturated heterocycles. The van der Waals surface area contributed by atoms with Crippen molar-refractivity contribution >= 4 is 53.4 Å². The van der Waals surface area contributed by atoms with Crippen LogP contribution in [-0.2, 0) is 46.0 Å². The zero-order valence-corrected chi connectivity index (χ0v) is 33.9. The average Bonchev–Trinajstić information content (AvgIpc) is 3.41. The molecule has 1 N–H and O–H groups in total. The van der Waals surface area contributed by atoms with Crippen LogP contribution in [-0.4, -0.2) is 84.9 Å². The smallest absolute Gasteiger partial charge is 0.303 e. The molecule has 0 radical (unpaired) electrons. The van der Waals surface area contributed by atoms with Crippen molar-refractivity contribution in [3.05, 3.63) is 101 Å². The second kappa shape index (κ2) is 17.5. The van der Waals surface area contributed by atoms with E-state index in [1.165, 1.54) is 18.2 Å². The Kier molecular flexibility index (Phi) is 13.9. The van der Waals surface area contributed by atoms with Gasteiger partial charge in [-0.25, -0.2) is 25.3 Å². The number of unbranched alkanes of at least 4 members (excludes halogenated alkanes) is 2. The summed E-state index contributed by atoms with van der Waals surface area (Å²) in [6, 6.07) is 10.1. The highest BCUT2D eigenvalue weighted by atomic mass is 32.2. The average molecular weight is 817 g/mol. The number of rotatable bonds is 19. The van der Waals surface area contributed by atoms with Gasteiger partial charge in [0.15, 0.2) is 5.71 Å². The van der Waals surface area contributed by atoms with Crippen LogP contribution in [0.15, 0.2) is 89.5 Å². The molecule has 300 valence electrons. The number of carboxylic acids is 1. The number of hydrogen-bond donors (Lipinski definition) is 1. The second-order valence-electron chi connectivity index (χ2n) is 14.7. The predicted molar refractivity (Wildman–Crippen MR) is 208 cm³/mol. The van der Waals surface area contributed by atoms with Gasteiger partial charge in [-0.05, 0) is 82.9 Å². The highest BCUT2D eigenvalue weighted by Gasteiger charge is 2.45.